The zero-order chi connectivity index (χ0) is 16.1. The van der Waals surface area contributed by atoms with Gasteiger partial charge in [0.1, 0.15) is 12.7 Å². The molecule has 0 aromatic rings. The summed E-state index contributed by atoms with van der Waals surface area (Å²) in [6.07, 6.45) is 6.62. The third-order valence-corrected chi connectivity index (χ3v) is 3.32. The van der Waals surface area contributed by atoms with Gasteiger partial charge in [0.15, 0.2) is 0 Å². The van der Waals surface area contributed by atoms with E-state index in [4.69, 9.17) is 14.4 Å². The van der Waals surface area contributed by atoms with Crippen molar-refractivity contribution in [2.45, 2.75) is 64.4 Å². The van der Waals surface area contributed by atoms with Crippen LogP contribution in [0.4, 0.5) is 0 Å². The van der Waals surface area contributed by atoms with Crippen LogP contribution < -0.4 is 0 Å². The number of aliphatic hydroxyl groups is 1. The largest absolute Gasteiger partial charge is 0.457 e. The molecular formula is C13H26O7S. The van der Waals surface area contributed by atoms with Crippen LogP contribution in [0, 0.1) is 0 Å². The van der Waals surface area contributed by atoms with E-state index in [1.165, 1.54) is 19.3 Å². The number of rotatable bonds is 13. The van der Waals surface area contributed by atoms with Gasteiger partial charge in [0.2, 0.25) is 0 Å². The molecule has 0 aromatic heterocycles. The Kier molecular flexibility index (Phi) is 11.5. The molecule has 0 radical (unpaired) electrons. The highest BCUT2D eigenvalue weighted by Crippen LogP contribution is 2.09. The van der Waals surface area contributed by atoms with Crippen LogP contribution in [0.3, 0.4) is 0 Å². The molecule has 1 unspecified atom stereocenters. The summed E-state index contributed by atoms with van der Waals surface area (Å²) in [7, 11) is -4.60. The van der Waals surface area contributed by atoms with Crippen molar-refractivity contribution in [1.82, 2.24) is 0 Å². The van der Waals surface area contributed by atoms with Crippen molar-refractivity contribution in [3.63, 3.8) is 0 Å². The highest BCUT2D eigenvalue weighted by Gasteiger charge is 2.17. The predicted octanol–water partition coefficient (Wildman–Crippen LogP) is 1.85. The molecule has 126 valence electrons. The molecule has 0 heterocycles. The Hall–Kier alpha value is -0.700. The number of carbonyl (C=O) groups excluding carboxylic acids is 1. The van der Waals surface area contributed by atoms with Crippen molar-refractivity contribution >= 4 is 16.4 Å². The molecule has 0 bridgehead atoms. The van der Waals surface area contributed by atoms with Gasteiger partial charge in [-0.05, 0) is 6.42 Å². The average molecular weight is 326 g/mol. The van der Waals surface area contributed by atoms with Crippen LogP contribution in [0.1, 0.15) is 58.3 Å². The molecule has 2 N–H and O–H groups in total. The lowest BCUT2D eigenvalue weighted by Crippen LogP contribution is -2.28. The average Bonchev–Trinajstić information content (AvgIpc) is 2.41. The van der Waals surface area contributed by atoms with Crippen LogP contribution >= 0.6 is 0 Å². The molecule has 0 aliphatic carbocycles. The maximum Gasteiger partial charge on any atom is 0.397 e. The summed E-state index contributed by atoms with van der Waals surface area (Å²) in [5.74, 6) is -0.512. The number of hydrogen-bond donors (Lipinski definition) is 2. The summed E-state index contributed by atoms with van der Waals surface area (Å²) in [6, 6.07) is 0. The monoisotopic (exact) mass is 326 g/mol. The fourth-order valence-electron chi connectivity index (χ4n) is 1.76. The molecule has 0 aliphatic heterocycles. The molecule has 7 nitrogen and oxygen atoms in total. The first kappa shape index (κ1) is 20.3. The Morgan fingerprint density at radius 3 is 2.19 bits per heavy atom. The third kappa shape index (κ3) is 14.0. The van der Waals surface area contributed by atoms with Gasteiger partial charge in [-0.2, -0.15) is 8.42 Å². The molecule has 0 saturated heterocycles. The number of ether oxygens (including phenoxy) is 1. The SMILES string of the molecule is CCCCCCCCCC(=O)OC(CO)COS(=O)(=O)O. The van der Waals surface area contributed by atoms with Crippen LogP contribution in [0.15, 0.2) is 0 Å². The maximum absolute atomic E-state index is 11.5. The van der Waals surface area contributed by atoms with Crippen LogP contribution in [-0.4, -0.2) is 43.4 Å². The lowest BCUT2D eigenvalue weighted by atomic mass is 10.1. The molecule has 0 aromatic carbocycles. The van der Waals surface area contributed by atoms with E-state index in [2.05, 4.69) is 11.1 Å². The zero-order valence-electron chi connectivity index (χ0n) is 12.5. The van der Waals surface area contributed by atoms with Gasteiger partial charge < -0.3 is 9.84 Å². The Balaban J connectivity index is 3.70. The molecule has 0 rings (SSSR count). The molecular weight excluding hydrogens is 300 g/mol. The van der Waals surface area contributed by atoms with E-state index in [0.717, 1.165) is 19.3 Å². The number of carbonyl (C=O) groups is 1. The number of unbranched alkanes of at least 4 members (excludes halogenated alkanes) is 6. The standard InChI is InChI=1S/C13H26O7S/c1-2-3-4-5-6-7-8-9-13(15)20-12(10-14)11-19-21(16,17)18/h12,14H,2-11H2,1H3,(H,16,17,18). The normalized spacial score (nSPS) is 13.1. The van der Waals surface area contributed by atoms with Gasteiger partial charge in [-0.15, -0.1) is 0 Å². The van der Waals surface area contributed by atoms with Crippen molar-refractivity contribution in [3.8, 4) is 0 Å². The lowest BCUT2D eigenvalue weighted by molar-refractivity contribution is -0.153. The molecule has 8 heteroatoms. The summed E-state index contributed by atoms with van der Waals surface area (Å²) < 4.78 is 38.0. The van der Waals surface area contributed by atoms with Crippen LogP contribution in [0.5, 0.6) is 0 Å². The topological polar surface area (TPSA) is 110 Å². The molecule has 0 aliphatic rings. The molecule has 0 saturated carbocycles. The Morgan fingerprint density at radius 1 is 1.10 bits per heavy atom. The first-order chi connectivity index (χ1) is 9.89. The summed E-state index contributed by atoms with van der Waals surface area (Å²) >= 11 is 0. The minimum atomic E-state index is -4.60. The van der Waals surface area contributed by atoms with E-state index < -0.39 is 35.7 Å². The summed E-state index contributed by atoms with van der Waals surface area (Å²) in [4.78, 5) is 11.5. The quantitative estimate of drug-likeness (QED) is 0.302. The minimum absolute atomic E-state index is 0.218. The fourth-order valence-corrected chi connectivity index (χ4v) is 2.08. The Bertz CT molecular complexity index is 367. The smallest absolute Gasteiger partial charge is 0.397 e. The molecule has 0 fully saturated rings. The molecule has 21 heavy (non-hydrogen) atoms. The lowest BCUT2D eigenvalue weighted by Gasteiger charge is -2.14. The number of esters is 1. The Morgan fingerprint density at radius 2 is 1.67 bits per heavy atom. The predicted molar refractivity (Wildman–Crippen MR) is 77.1 cm³/mol. The maximum atomic E-state index is 11.5. The van der Waals surface area contributed by atoms with Gasteiger partial charge in [-0.3, -0.25) is 9.35 Å². The van der Waals surface area contributed by atoms with Crippen LogP contribution in [0.2, 0.25) is 0 Å². The van der Waals surface area contributed by atoms with Gasteiger partial charge in [-0.1, -0.05) is 45.4 Å². The van der Waals surface area contributed by atoms with Gasteiger partial charge in [-0.25, -0.2) is 4.18 Å². The van der Waals surface area contributed by atoms with Gasteiger partial charge in [0, 0.05) is 6.42 Å². The second-order valence-corrected chi connectivity index (χ2v) is 5.97. The second-order valence-electron chi connectivity index (χ2n) is 4.88. The van der Waals surface area contributed by atoms with E-state index in [0.29, 0.717) is 6.42 Å². The molecule has 0 amide bonds. The zero-order valence-corrected chi connectivity index (χ0v) is 13.3. The first-order valence-electron chi connectivity index (χ1n) is 7.31. The van der Waals surface area contributed by atoms with Crippen molar-refractivity contribution in [3.05, 3.63) is 0 Å². The highest BCUT2D eigenvalue weighted by molar-refractivity contribution is 7.80. The van der Waals surface area contributed by atoms with Gasteiger partial charge in [0.05, 0.1) is 6.61 Å². The first-order valence-corrected chi connectivity index (χ1v) is 8.67. The van der Waals surface area contributed by atoms with Crippen molar-refractivity contribution in [1.29, 1.82) is 0 Å². The van der Waals surface area contributed by atoms with E-state index in [1.54, 1.807) is 0 Å². The Labute approximate surface area is 126 Å². The molecule has 1 atom stereocenters. The number of hydrogen-bond acceptors (Lipinski definition) is 6. The highest BCUT2D eigenvalue weighted by atomic mass is 32.3. The number of aliphatic hydroxyl groups excluding tert-OH is 1. The summed E-state index contributed by atoms with van der Waals surface area (Å²) in [5.41, 5.74) is 0. The van der Waals surface area contributed by atoms with Crippen molar-refractivity contribution in [2.75, 3.05) is 13.2 Å². The van der Waals surface area contributed by atoms with E-state index >= 15 is 0 Å². The van der Waals surface area contributed by atoms with Crippen molar-refractivity contribution < 1.29 is 31.8 Å². The van der Waals surface area contributed by atoms with Crippen molar-refractivity contribution in [2.24, 2.45) is 0 Å². The second kappa shape index (κ2) is 11.9. The summed E-state index contributed by atoms with van der Waals surface area (Å²) in [5, 5.41) is 8.93. The van der Waals surface area contributed by atoms with E-state index in [-0.39, 0.29) is 6.42 Å². The van der Waals surface area contributed by atoms with E-state index in [9.17, 15) is 13.2 Å². The molecule has 0 spiro atoms. The van der Waals surface area contributed by atoms with Crippen LogP contribution in [0.25, 0.3) is 0 Å². The van der Waals surface area contributed by atoms with Crippen LogP contribution in [-0.2, 0) is 24.1 Å². The fraction of sp³-hybridized carbons (Fsp3) is 0.923. The van der Waals surface area contributed by atoms with Gasteiger partial charge in [0.25, 0.3) is 0 Å². The minimum Gasteiger partial charge on any atom is -0.457 e. The van der Waals surface area contributed by atoms with Gasteiger partial charge >= 0.3 is 16.4 Å². The third-order valence-electron chi connectivity index (χ3n) is 2.89. The summed E-state index contributed by atoms with van der Waals surface area (Å²) in [6.45, 7) is 0.982. The van der Waals surface area contributed by atoms with E-state index in [1.807, 2.05) is 0 Å².